The first-order valence-corrected chi connectivity index (χ1v) is 10.9. The third-order valence-corrected chi connectivity index (χ3v) is 7.47. The number of nitrogens with zero attached hydrogens (tertiary/aromatic N) is 7. The second-order valence-corrected chi connectivity index (χ2v) is 9.65. The van der Waals surface area contributed by atoms with E-state index in [0.29, 0.717) is 18.1 Å². The fourth-order valence-corrected chi connectivity index (χ4v) is 6.01. The molecular weight excluding hydrogens is 374 g/mol. The summed E-state index contributed by atoms with van der Waals surface area (Å²) in [4.78, 5) is 5.32. The molecular formula is C23H27N7. The van der Waals surface area contributed by atoms with E-state index in [1.54, 1.807) is 0 Å². The highest BCUT2D eigenvalue weighted by molar-refractivity contribution is 5.79. The van der Waals surface area contributed by atoms with Crippen molar-refractivity contribution in [1.82, 2.24) is 24.3 Å². The van der Waals surface area contributed by atoms with Gasteiger partial charge >= 0.3 is 0 Å². The molecule has 3 aromatic heterocycles. The fraction of sp³-hybridized carbons (Fsp3) is 0.522. The van der Waals surface area contributed by atoms with Gasteiger partial charge in [0.2, 0.25) is 0 Å². The van der Waals surface area contributed by atoms with Crippen molar-refractivity contribution in [2.75, 3.05) is 18.0 Å². The van der Waals surface area contributed by atoms with Crippen molar-refractivity contribution in [1.29, 1.82) is 5.26 Å². The Morgan fingerprint density at radius 1 is 1.07 bits per heavy atom. The predicted octanol–water partition coefficient (Wildman–Crippen LogP) is 3.08. The highest BCUT2D eigenvalue weighted by Gasteiger charge is 2.51. The molecule has 3 aromatic rings. The van der Waals surface area contributed by atoms with Crippen molar-refractivity contribution >= 4 is 11.2 Å². The number of nitriles is 1. The highest BCUT2D eigenvalue weighted by atomic mass is 15.4. The average Bonchev–Trinajstić information content (AvgIpc) is 3.40. The lowest BCUT2D eigenvalue weighted by molar-refractivity contribution is 0.00679. The van der Waals surface area contributed by atoms with Gasteiger partial charge in [0, 0.05) is 68.0 Å². The lowest BCUT2D eigenvalue weighted by Crippen LogP contribution is -2.61. The zero-order chi connectivity index (χ0) is 20.5. The van der Waals surface area contributed by atoms with Crippen molar-refractivity contribution < 1.29 is 0 Å². The van der Waals surface area contributed by atoms with E-state index in [-0.39, 0.29) is 5.41 Å². The lowest BCUT2D eigenvalue weighted by atomic mass is 9.67. The molecule has 2 aliphatic heterocycles. The number of hydrogen-bond donors (Lipinski definition) is 0. The molecule has 154 valence electrons. The molecule has 6 rings (SSSR count). The minimum atomic E-state index is -0.104. The summed E-state index contributed by atoms with van der Waals surface area (Å²) in [7, 11) is 1.94. The minimum absolute atomic E-state index is 0.104. The Labute approximate surface area is 176 Å². The van der Waals surface area contributed by atoms with Crippen LogP contribution < -0.4 is 4.90 Å². The molecule has 2 atom stereocenters. The Kier molecular flexibility index (Phi) is 3.79. The van der Waals surface area contributed by atoms with Crippen molar-refractivity contribution in [2.45, 2.75) is 50.7 Å². The number of hydrogen-bond acceptors (Lipinski definition) is 5. The van der Waals surface area contributed by atoms with Crippen LogP contribution in [0.2, 0.25) is 0 Å². The second kappa shape index (κ2) is 6.32. The first kappa shape index (κ1) is 18.0. The van der Waals surface area contributed by atoms with Gasteiger partial charge in [0.05, 0.1) is 28.9 Å². The van der Waals surface area contributed by atoms with Crippen molar-refractivity contribution in [3.8, 4) is 17.2 Å². The van der Waals surface area contributed by atoms with Crippen LogP contribution in [-0.2, 0) is 7.05 Å². The zero-order valence-electron chi connectivity index (χ0n) is 17.6. The first-order chi connectivity index (χ1) is 14.5. The zero-order valence-corrected chi connectivity index (χ0v) is 17.6. The number of aromatic nitrogens is 4. The molecule has 1 aliphatic carbocycles. The van der Waals surface area contributed by atoms with Gasteiger partial charge < -0.3 is 4.90 Å². The van der Waals surface area contributed by atoms with Crippen LogP contribution in [0.1, 0.15) is 32.6 Å². The monoisotopic (exact) mass is 401 g/mol. The standard InChI is InChI=1S/C23H27N7/c1-23(15-24)8-20(9-23)30-18-3-4-19(30)14-28(13-18)21-5-6-25-29-12-16(7-22(21)29)17-10-26-27(2)11-17/h5-7,10-12,18-20H,3-4,8-9,13-14H2,1-2H3/t18-,19?,20?,23?/m0/s1. The summed E-state index contributed by atoms with van der Waals surface area (Å²) in [5, 5.41) is 18.3. The van der Waals surface area contributed by atoms with E-state index >= 15 is 0 Å². The molecule has 2 saturated heterocycles. The van der Waals surface area contributed by atoms with Gasteiger partial charge in [-0.1, -0.05) is 0 Å². The van der Waals surface area contributed by atoms with Gasteiger partial charge in [-0.2, -0.15) is 15.5 Å². The molecule has 30 heavy (non-hydrogen) atoms. The highest BCUT2D eigenvalue weighted by Crippen LogP contribution is 2.47. The summed E-state index contributed by atoms with van der Waals surface area (Å²) in [6.45, 7) is 4.23. The van der Waals surface area contributed by atoms with Crippen molar-refractivity contribution in [3.63, 3.8) is 0 Å². The van der Waals surface area contributed by atoms with Gasteiger partial charge in [0.25, 0.3) is 0 Å². The van der Waals surface area contributed by atoms with E-state index in [9.17, 15) is 5.26 Å². The average molecular weight is 402 g/mol. The Balaban J connectivity index is 1.27. The maximum atomic E-state index is 9.40. The molecule has 2 bridgehead atoms. The Bertz CT molecular complexity index is 1130. The number of rotatable bonds is 3. The summed E-state index contributed by atoms with van der Waals surface area (Å²) < 4.78 is 3.83. The molecule has 7 nitrogen and oxygen atoms in total. The van der Waals surface area contributed by atoms with E-state index in [0.717, 1.165) is 42.6 Å². The van der Waals surface area contributed by atoms with Gasteiger partial charge in [0.15, 0.2) is 0 Å². The quantitative estimate of drug-likeness (QED) is 0.675. The van der Waals surface area contributed by atoms with Crippen LogP contribution in [0.5, 0.6) is 0 Å². The van der Waals surface area contributed by atoms with E-state index in [1.807, 2.05) is 34.8 Å². The summed E-state index contributed by atoms with van der Waals surface area (Å²) in [6, 6.07) is 8.70. The number of piperazine rings is 1. The Hall–Kier alpha value is -2.85. The summed E-state index contributed by atoms with van der Waals surface area (Å²) in [6.07, 6.45) is 12.6. The third kappa shape index (κ3) is 2.67. The molecule has 3 fully saturated rings. The van der Waals surface area contributed by atoms with Crippen LogP contribution in [0.3, 0.4) is 0 Å². The topological polar surface area (TPSA) is 65.4 Å². The SMILES string of the molecule is Cn1cc(-c2cc3c(N4CC5CC[C@@H](C4)N5C4CC(C)(C#N)C4)ccnn3c2)cn1. The van der Waals surface area contributed by atoms with E-state index < -0.39 is 0 Å². The first-order valence-electron chi connectivity index (χ1n) is 10.9. The van der Waals surface area contributed by atoms with Crippen LogP contribution in [0.4, 0.5) is 5.69 Å². The summed E-state index contributed by atoms with van der Waals surface area (Å²) in [5.41, 5.74) is 4.59. The van der Waals surface area contributed by atoms with Gasteiger partial charge in [0.1, 0.15) is 0 Å². The molecule has 1 saturated carbocycles. The van der Waals surface area contributed by atoms with Crippen LogP contribution in [-0.4, -0.2) is 55.5 Å². The predicted molar refractivity (Wildman–Crippen MR) is 115 cm³/mol. The molecule has 0 radical (unpaired) electrons. The van der Waals surface area contributed by atoms with Crippen LogP contribution in [0.15, 0.2) is 36.9 Å². The van der Waals surface area contributed by atoms with Gasteiger partial charge in [-0.15, -0.1) is 0 Å². The van der Waals surface area contributed by atoms with Gasteiger partial charge in [-0.3, -0.25) is 9.58 Å². The Morgan fingerprint density at radius 3 is 2.50 bits per heavy atom. The molecule has 3 aliphatic rings. The Morgan fingerprint density at radius 2 is 1.83 bits per heavy atom. The maximum Gasteiger partial charge on any atom is 0.0886 e. The van der Waals surface area contributed by atoms with Gasteiger partial charge in [-0.05, 0) is 44.7 Å². The van der Waals surface area contributed by atoms with Gasteiger partial charge in [-0.25, -0.2) is 4.52 Å². The molecule has 0 amide bonds. The maximum absolute atomic E-state index is 9.40. The molecule has 0 spiro atoms. The van der Waals surface area contributed by atoms with E-state index in [2.05, 4.69) is 51.3 Å². The molecule has 1 unspecified atom stereocenters. The van der Waals surface area contributed by atoms with E-state index in [4.69, 9.17) is 0 Å². The van der Waals surface area contributed by atoms with Crippen LogP contribution in [0, 0.1) is 16.7 Å². The molecule has 7 heteroatoms. The number of fused-ring (bicyclic) bond motifs is 3. The fourth-order valence-electron chi connectivity index (χ4n) is 6.01. The number of aryl methyl sites for hydroxylation is 1. The minimum Gasteiger partial charge on any atom is -0.367 e. The van der Waals surface area contributed by atoms with Crippen LogP contribution in [0.25, 0.3) is 16.6 Å². The number of anilines is 1. The third-order valence-electron chi connectivity index (χ3n) is 7.47. The van der Waals surface area contributed by atoms with Crippen LogP contribution >= 0.6 is 0 Å². The van der Waals surface area contributed by atoms with E-state index in [1.165, 1.54) is 18.5 Å². The van der Waals surface area contributed by atoms with Crippen molar-refractivity contribution in [2.24, 2.45) is 12.5 Å². The largest absolute Gasteiger partial charge is 0.367 e. The molecule has 0 N–H and O–H groups in total. The summed E-state index contributed by atoms with van der Waals surface area (Å²) >= 11 is 0. The molecule has 0 aromatic carbocycles. The lowest BCUT2D eigenvalue weighted by Gasteiger charge is -2.52. The smallest absolute Gasteiger partial charge is 0.0886 e. The normalized spacial score (nSPS) is 31.1. The second-order valence-electron chi connectivity index (χ2n) is 9.65. The molecule has 5 heterocycles. The van der Waals surface area contributed by atoms with Crippen molar-refractivity contribution in [3.05, 3.63) is 36.9 Å². The summed E-state index contributed by atoms with van der Waals surface area (Å²) in [5.74, 6) is 0.